The van der Waals surface area contributed by atoms with Crippen LogP contribution in [0.1, 0.15) is 277 Å². The molecule has 328 valence electrons. The van der Waals surface area contributed by atoms with E-state index in [4.69, 9.17) is 4.74 Å². The van der Waals surface area contributed by atoms with E-state index >= 15 is 0 Å². The molecule has 55 heavy (non-hydrogen) atoms. The molecule has 0 radical (unpaired) electrons. The fraction of sp³-hybridized carbons (Fsp3) is 0.959. The molecule has 0 aliphatic carbocycles. The smallest absolute Gasteiger partial charge is 0.305 e. The Balaban J connectivity index is 3.44. The minimum atomic E-state index is -0.675. The highest BCUT2D eigenvalue weighted by Crippen LogP contribution is 2.17. The number of aliphatic hydroxyl groups is 2. The molecule has 0 aromatic heterocycles. The number of carbonyl (C=O) groups excluding carboxylic acids is 2. The van der Waals surface area contributed by atoms with Gasteiger partial charge in [-0.15, -0.1) is 0 Å². The van der Waals surface area contributed by atoms with Gasteiger partial charge in [0.2, 0.25) is 5.91 Å². The molecule has 0 aromatic rings. The van der Waals surface area contributed by atoms with E-state index < -0.39 is 12.1 Å². The van der Waals surface area contributed by atoms with Crippen LogP contribution in [0.25, 0.3) is 0 Å². The topological polar surface area (TPSA) is 95.9 Å². The van der Waals surface area contributed by atoms with Crippen molar-refractivity contribution in [3.63, 3.8) is 0 Å². The Morgan fingerprint density at radius 2 is 0.745 bits per heavy atom. The lowest BCUT2D eigenvalue weighted by molar-refractivity contribution is -0.143. The van der Waals surface area contributed by atoms with Crippen molar-refractivity contribution >= 4 is 11.9 Å². The Kier molecular flexibility index (Phi) is 44.6. The summed E-state index contributed by atoms with van der Waals surface area (Å²) in [5, 5.41) is 23.1. The first-order valence-corrected chi connectivity index (χ1v) is 24.8. The Bertz CT molecular complexity index is 776. The first kappa shape index (κ1) is 53.9. The molecule has 0 aromatic carbocycles. The molecule has 6 nitrogen and oxygen atoms in total. The Hall–Kier alpha value is -1.14. The number of hydrogen-bond donors (Lipinski definition) is 3. The number of hydrogen-bond acceptors (Lipinski definition) is 5. The summed E-state index contributed by atoms with van der Waals surface area (Å²) >= 11 is 0. The van der Waals surface area contributed by atoms with Crippen LogP contribution in [0.4, 0.5) is 0 Å². The maximum absolute atomic E-state index is 12.4. The van der Waals surface area contributed by atoms with Gasteiger partial charge < -0.3 is 20.3 Å². The van der Waals surface area contributed by atoms with Crippen LogP contribution < -0.4 is 5.32 Å². The predicted molar refractivity (Wildman–Crippen MR) is 237 cm³/mol. The van der Waals surface area contributed by atoms with E-state index in [1.54, 1.807) is 0 Å². The van der Waals surface area contributed by atoms with E-state index in [2.05, 4.69) is 19.2 Å². The van der Waals surface area contributed by atoms with Gasteiger partial charge in [-0.25, -0.2) is 0 Å². The molecule has 2 atom stereocenters. The van der Waals surface area contributed by atoms with Crippen molar-refractivity contribution in [2.24, 2.45) is 0 Å². The van der Waals surface area contributed by atoms with Crippen LogP contribution in [0, 0.1) is 0 Å². The van der Waals surface area contributed by atoms with Gasteiger partial charge in [0, 0.05) is 12.8 Å². The highest BCUT2D eigenvalue weighted by molar-refractivity contribution is 5.76. The van der Waals surface area contributed by atoms with Crippen molar-refractivity contribution in [3.8, 4) is 0 Å². The van der Waals surface area contributed by atoms with Crippen molar-refractivity contribution in [1.82, 2.24) is 5.32 Å². The van der Waals surface area contributed by atoms with Gasteiger partial charge >= 0.3 is 5.97 Å². The van der Waals surface area contributed by atoms with Gasteiger partial charge in [0.15, 0.2) is 0 Å². The second kappa shape index (κ2) is 45.6. The van der Waals surface area contributed by atoms with Crippen molar-refractivity contribution in [1.29, 1.82) is 0 Å². The molecule has 0 fully saturated rings. The molecule has 0 saturated heterocycles. The Labute approximate surface area is 343 Å². The lowest BCUT2D eigenvalue weighted by Crippen LogP contribution is -2.45. The van der Waals surface area contributed by atoms with Gasteiger partial charge in [0.1, 0.15) is 0 Å². The van der Waals surface area contributed by atoms with Crippen LogP contribution in [-0.4, -0.2) is 47.4 Å². The van der Waals surface area contributed by atoms with Crippen molar-refractivity contribution < 1.29 is 24.5 Å². The summed E-state index contributed by atoms with van der Waals surface area (Å²) in [5.74, 6) is -0.0719. The summed E-state index contributed by atoms with van der Waals surface area (Å²) in [7, 11) is 0. The number of unbranched alkanes of at least 4 members (excludes halogenated alkanes) is 35. The molecular formula is C49H97NO5. The number of amides is 1. The fourth-order valence-electron chi connectivity index (χ4n) is 7.82. The van der Waals surface area contributed by atoms with Crippen LogP contribution >= 0.6 is 0 Å². The zero-order valence-corrected chi connectivity index (χ0v) is 37.2. The van der Waals surface area contributed by atoms with Gasteiger partial charge in [0.05, 0.1) is 25.4 Å². The van der Waals surface area contributed by atoms with E-state index in [9.17, 15) is 19.8 Å². The second-order valence-electron chi connectivity index (χ2n) is 17.2. The molecule has 0 heterocycles. The zero-order valence-electron chi connectivity index (χ0n) is 37.2. The zero-order chi connectivity index (χ0) is 40.1. The molecule has 2 unspecified atom stereocenters. The van der Waals surface area contributed by atoms with E-state index in [0.717, 1.165) is 57.8 Å². The van der Waals surface area contributed by atoms with Gasteiger partial charge in [-0.3, -0.25) is 9.59 Å². The first-order valence-electron chi connectivity index (χ1n) is 24.8. The van der Waals surface area contributed by atoms with E-state index in [1.807, 2.05) is 0 Å². The number of carbonyl (C=O) groups is 2. The molecule has 0 spiro atoms. The van der Waals surface area contributed by atoms with Crippen LogP contribution in [0.2, 0.25) is 0 Å². The molecule has 0 rings (SSSR count). The summed E-state index contributed by atoms with van der Waals surface area (Å²) in [4.78, 5) is 24.4. The summed E-state index contributed by atoms with van der Waals surface area (Å²) < 4.78 is 5.46. The fourth-order valence-corrected chi connectivity index (χ4v) is 7.82. The maximum atomic E-state index is 12.4. The number of rotatable bonds is 46. The first-order chi connectivity index (χ1) is 27.0. The quantitative estimate of drug-likeness (QED) is 0.0422. The third-order valence-corrected chi connectivity index (χ3v) is 11.7. The molecule has 0 aliphatic rings. The van der Waals surface area contributed by atoms with Crippen LogP contribution in [0.5, 0.6) is 0 Å². The summed E-state index contributed by atoms with van der Waals surface area (Å²) in [6.07, 6.45) is 49.2. The highest BCUT2D eigenvalue weighted by Gasteiger charge is 2.20. The third-order valence-electron chi connectivity index (χ3n) is 11.7. The number of nitrogens with one attached hydrogen (secondary N) is 1. The molecule has 3 N–H and O–H groups in total. The van der Waals surface area contributed by atoms with E-state index in [-0.39, 0.29) is 18.5 Å². The molecule has 1 amide bonds. The normalized spacial score (nSPS) is 12.6. The standard InChI is InChI=1S/C49H97NO5/c1-3-5-7-9-11-13-15-17-18-19-20-22-27-31-35-39-43-49(54)55-44-40-36-32-28-24-23-26-30-34-38-42-48(53)50-46(45-51)47(52)41-37-33-29-25-21-16-14-12-10-8-6-4-2/h46-47,51-52H,3-45H2,1-2H3,(H,50,53). The summed E-state index contributed by atoms with van der Waals surface area (Å²) in [6.45, 7) is 4.91. The average molecular weight is 780 g/mol. The minimum Gasteiger partial charge on any atom is -0.466 e. The lowest BCUT2D eigenvalue weighted by Gasteiger charge is -2.22. The van der Waals surface area contributed by atoms with Gasteiger partial charge in [-0.1, -0.05) is 239 Å². The average Bonchev–Trinajstić information content (AvgIpc) is 3.18. The Morgan fingerprint density at radius 3 is 1.11 bits per heavy atom. The SMILES string of the molecule is CCCCCCCCCCCCCCCCCCC(=O)OCCCCCCCCCCCCC(=O)NC(CO)C(O)CCCCCCCCCCCCCC. The summed E-state index contributed by atoms with van der Waals surface area (Å²) in [5.41, 5.74) is 0. The monoisotopic (exact) mass is 780 g/mol. The molecule has 0 bridgehead atoms. The number of esters is 1. The molecule has 0 saturated carbocycles. The third kappa shape index (κ3) is 42.3. The van der Waals surface area contributed by atoms with Crippen molar-refractivity contribution in [3.05, 3.63) is 0 Å². The van der Waals surface area contributed by atoms with E-state index in [1.165, 1.54) is 186 Å². The van der Waals surface area contributed by atoms with Gasteiger partial charge in [-0.05, 0) is 25.7 Å². The van der Waals surface area contributed by atoms with Gasteiger partial charge in [0.25, 0.3) is 0 Å². The summed E-state index contributed by atoms with van der Waals surface area (Å²) in [6, 6.07) is -0.555. The largest absolute Gasteiger partial charge is 0.466 e. The molecule has 0 aliphatic heterocycles. The maximum Gasteiger partial charge on any atom is 0.305 e. The number of ether oxygens (including phenoxy) is 1. The molecule has 6 heteroatoms. The number of aliphatic hydroxyl groups excluding tert-OH is 2. The van der Waals surface area contributed by atoms with Crippen LogP contribution in [0.15, 0.2) is 0 Å². The predicted octanol–water partition coefficient (Wildman–Crippen LogP) is 14.4. The van der Waals surface area contributed by atoms with Crippen LogP contribution in [0.3, 0.4) is 0 Å². The Morgan fingerprint density at radius 1 is 0.436 bits per heavy atom. The highest BCUT2D eigenvalue weighted by atomic mass is 16.5. The van der Waals surface area contributed by atoms with Crippen molar-refractivity contribution in [2.75, 3.05) is 13.2 Å². The van der Waals surface area contributed by atoms with Crippen LogP contribution in [-0.2, 0) is 14.3 Å². The minimum absolute atomic E-state index is 0.0151. The second-order valence-corrected chi connectivity index (χ2v) is 17.2. The lowest BCUT2D eigenvalue weighted by atomic mass is 10.0. The molecular weight excluding hydrogens is 683 g/mol. The van der Waals surface area contributed by atoms with E-state index in [0.29, 0.717) is 25.9 Å². The van der Waals surface area contributed by atoms with Gasteiger partial charge in [-0.2, -0.15) is 0 Å². The van der Waals surface area contributed by atoms with Crippen molar-refractivity contribution in [2.45, 2.75) is 289 Å².